The van der Waals surface area contributed by atoms with Crippen molar-refractivity contribution in [1.82, 2.24) is 23.6 Å². The number of aromatic nitrogens is 4. The van der Waals surface area contributed by atoms with Crippen molar-refractivity contribution in [3.05, 3.63) is 27.2 Å². The first-order valence-electron chi connectivity index (χ1n) is 8.43. The molecule has 2 N–H and O–H groups in total. The number of carbonyl (C=O) groups is 1. The molecule has 0 spiro atoms. The molecule has 2 aromatic heterocycles. The van der Waals surface area contributed by atoms with Crippen molar-refractivity contribution in [2.75, 3.05) is 13.1 Å². The number of hydrogen-bond acceptors (Lipinski definition) is 5. The number of rotatable bonds is 4. The number of nitrogens with zero attached hydrogens (tertiary/aromatic N) is 5. The molecule has 3 rings (SSSR count). The Kier molecular flexibility index (Phi) is 4.28. The molecule has 9 heteroatoms. The molecule has 25 heavy (non-hydrogen) atoms. The summed E-state index contributed by atoms with van der Waals surface area (Å²) in [5, 5.41) is 0. The first kappa shape index (κ1) is 17.4. The fourth-order valence-electron chi connectivity index (χ4n) is 3.61. The summed E-state index contributed by atoms with van der Waals surface area (Å²) < 4.78 is 4.18. The smallest absolute Gasteiger partial charge is 0.332 e. The van der Waals surface area contributed by atoms with Gasteiger partial charge in [-0.3, -0.25) is 23.6 Å². The van der Waals surface area contributed by atoms with Crippen molar-refractivity contribution in [3.63, 3.8) is 0 Å². The van der Waals surface area contributed by atoms with Crippen LogP contribution in [-0.4, -0.2) is 48.1 Å². The monoisotopic (exact) mass is 348 g/mol. The molecule has 3 heterocycles. The Morgan fingerprint density at radius 3 is 2.64 bits per heavy atom. The number of hydrogen-bond donors (Lipinski definition) is 1. The van der Waals surface area contributed by atoms with E-state index < -0.39 is 11.2 Å². The number of likely N-dealkylation sites (tertiary alicyclic amines) is 1. The van der Waals surface area contributed by atoms with E-state index in [1.807, 2.05) is 6.92 Å². The molecule has 2 aromatic rings. The first-order chi connectivity index (χ1) is 11.8. The number of aryl methyl sites for hydroxylation is 1. The lowest BCUT2D eigenvalue weighted by molar-refractivity contribution is -0.131. The molecule has 1 unspecified atom stereocenters. The zero-order chi connectivity index (χ0) is 18.4. The molecule has 136 valence electrons. The number of primary amides is 1. The van der Waals surface area contributed by atoms with E-state index in [2.05, 4.69) is 9.88 Å². The quantitative estimate of drug-likeness (QED) is 0.775. The maximum absolute atomic E-state index is 12.5. The van der Waals surface area contributed by atoms with E-state index in [0.29, 0.717) is 24.3 Å². The van der Waals surface area contributed by atoms with Gasteiger partial charge in [-0.25, -0.2) is 9.78 Å². The maximum Gasteiger partial charge on any atom is 0.332 e. The predicted octanol–water partition coefficient (Wildman–Crippen LogP) is -0.836. The standard InChI is InChI=1S/C16H24N6O3/c1-16(14(17)24)6-4-5-7-22(16)9-8-21-10-18-12-11(21)13(23)20(3)15(25)19(12)2/h10H,4-9H2,1-3H3,(H2,17,24). The number of fused-ring (bicyclic) bond motifs is 1. The van der Waals surface area contributed by atoms with Crippen LogP contribution in [0.1, 0.15) is 26.2 Å². The van der Waals surface area contributed by atoms with Crippen LogP contribution < -0.4 is 17.0 Å². The van der Waals surface area contributed by atoms with Gasteiger partial charge in [0.2, 0.25) is 5.91 Å². The van der Waals surface area contributed by atoms with Crippen molar-refractivity contribution < 1.29 is 4.79 Å². The lowest BCUT2D eigenvalue weighted by Crippen LogP contribution is -2.58. The van der Waals surface area contributed by atoms with Gasteiger partial charge >= 0.3 is 5.69 Å². The Morgan fingerprint density at radius 1 is 1.24 bits per heavy atom. The van der Waals surface area contributed by atoms with Gasteiger partial charge in [0.25, 0.3) is 5.56 Å². The van der Waals surface area contributed by atoms with Crippen LogP contribution in [0.5, 0.6) is 0 Å². The van der Waals surface area contributed by atoms with E-state index in [1.54, 1.807) is 17.9 Å². The van der Waals surface area contributed by atoms with E-state index in [9.17, 15) is 14.4 Å². The Labute approximate surface area is 144 Å². The normalized spacial score (nSPS) is 21.7. The van der Waals surface area contributed by atoms with Crippen LogP contribution in [0.25, 0.3) is 11.2 Å². The van der Waals surface area contributed by atoms with Crippen molar-refractivity contribution in [2.45, 2.75) is 38.3 Å². The highest BCUT2D eigenvalue weighted by Gasteiger charge is 2.39. The molecule has 9 nitrogen and oxygen atoms in total. The molecule has 1 aliphatic rings. The first-order valence-corrected chi connectivity index (χ1v) is 8.43. The molecule has 0 aromatic carbocycles. The lowest BCUT2D eigenvalue weighted by Gasteiger charge is -2.42. The fourth-order valence-corrected chi connectivity index (χ4v) is 3.61. The molecule has 0 aliphatic carbocycles. The summed E-state index contributed by atoms with van der Waals surface area (Å²) in [5.74, 6) is -0.319. The van der Waals surface area contributed by atoms with Gasteiger partial charge in [-0.05, 0) is 32.7 Å². The van der Waals surface area contributed by atoms with Crippen LogP contribution in [-0.2, 0) is 25.4 Å². The molecule has 1 fully saturated rings. The molecule has 1 atom stereocenters. The largest absolute Gasteiger partial charge is 0.368 e. The SMILES string of the molecule is Cn1c(=O)c2c(ncn2CCN2CCCCC2(C)C(N)=O)n(C)c1=O. The highest BCUT2D eigenvalue weighted by atomic mass is 16.2. The summed E-state index contributed by atoms with van der Waals surface area (Å²) in [6.07, 6.45) is 4.30. The number of carbonyl (C=O) groups excluding carboxylic acids is 1. The summed E-state index contributed by atoms with van der Waals surface area (Å²) in [7, 11) is 3.05. The predicted molar refractivity (Wildman–Crippen MR) is 93.2 cm³/mol. The molecule has 1 saturated heterocycles. The van der Waals surface area contributed by atoms with Gasteiger partial charge in [-0.2, -0.15) is 0 Å². The number of nitrogens with two attached hydrogens (primary N) is 1. The fraction of sp³-hybridized carbons (Fsp3) is 0.625. The summed E-state index contributed by atoms with van der Waals surface area (Å²) in [4.78, 5) is 42.7. The Bertz CT molecular complexity index is 940. The molecule has 1 aliphatic heterocycles. The average Bonchev–Trinajstić information content (AvgIpc) is 3.01. The van der Waals surface area contributed by atoms with E-state index >= 15 is 0 Å². The van der Waals surface area contributed by atoms with Crippen LogP contribution >= 0.6 is 0 Å². The highest BCUT2D eigenvalue weighted by Crippen LogP contribution is 2.27. The zero-order valence-electron chi connectivity index (χ0n) is 14.9. The van der Waals surface area contributed by atoms with Gasteiger partial charge in [-0.15, -0.1) is 0 Å². The third-order valence-corrected chi connectivity index (χ3v) is 5.40. The summed E-state index contributed by atoms with van der Waals surface area (Å²) in [5.41, 5.74) is 4.95. The molecule has 0 saturated carbocycles. The van der Waals surface area contributed by atoms with Gasteiger partial charge in [0.05, 0.1) is 11.9 Å². The van der Waals surface area contributed by atoms with E-state index in [1.165, 1.54) is 11.6 Å². The average molecular weight is 348 g/mol. The van der Waals surface area contributed by atoms with Gasteiger partial charge < -0.3 is 10.3 Å². The Morgan fingerprint density at radius 2 is 1.96 bits per heavy atom. The molecular formula is C16H24N6O3. The van der Waals surface area contributed by atoms with E-state index in [0.717, 1.165) is 30.4 Å². The highest BCUT2D eigenvalue weighted by molar-refractivity contribution is 5.84. The lowest BCUT2D eigenvalue weighted by atomic mass is 9.88. The Hall–Kier alpha value is -2.42. The maximum atomic E-state index is 12.5. The number of amides is 1. The summed E-state index contributed by atoms with van der Waals surface area (Å²) in [6, 6.07) is 0. The molecule has 0 radical (unpaired) electrons. The summed E-state index contributed by atoms with van der Waals surface area (Å²) >= 11 is 0. The zero-order valence-corrected chi connectivity index (χ0v) is 14.9. The van der Waals surface area contributed by atoms with E-state index in [4.69, 9.17) is 5.73 Å². The minimum Gasteiger partial charge on any atom is -0.368 e. The Balaban J connectivity index is 1.93. The van der Waals surface area contributed by atoms with Crippen molar-refractivity contribution in [2.24, 2.45) is 19.8 Å². The van der Waals surface area contributed by atoms with Crippen LogP contribution in [0.15, 0.2) is 15.9 Å². The van der Waals surface area contributed by atoms with Gasteiger partial charge in [-0.1, -0.05) is 0 Å². The third-order valence-electron chi connectivity index (χ3n) is 5.40. The van der Waals surface area contributed by atoms with Crippen LogP contribution in [0.2, 0.25) is 0 Å². The minimum absolute atomic E-state index is 0.319. The third kappa shape index (κ3) is 2.68. The van der Waals surface area contributed by atoms with Gasteiger partial charge in [0.1, 0.15) is 0 Å². The van der Waals surface area contributed by atoms with E-state index in [-0.39, 0.29) is 11.5 Å². The van der Waals surface area contributed by atoms with Crippen molar-refractivity contribution >= 4 is 17.1 Å². The van der Waals surface area contributed by atoms with Gasteiger partial charge in [0, 0.05) is 27.2 Å². The minimum atomic E-state index is -0.660. The van der Waals surface area contributed by atoms with Crippen molar-refractivity contribution in [1.29, 1.82) is 0 Å². The topological polar surface area (TPSA) is 108 Å². The molecule has 1 amide bonds. The molecule has 0 bridgehead atoms. The second-order valence-corrected chi connectivity index (χ2v) is 6.90. The second-order valence-electron chi connectivity index (χ2n) is 6.90. The second kappa shape index (κ2) is 6.14. The number of imidazole rings is 1. The van der Waals surface area contributed by atoms with Gasteiger partial charge in [0.15, 0.2) is 11.2 Å². The van der Waals surface area contributed by atoms with Crippen LogP contribution in [0.4, 0.5) is 0 Å². The van der Waals surface area contributed by atoms with Crippen molar-refractivity contribution in [3.8, 4) is 0 Å². The van der Waals surface area contributed by atoms with Crippen LogP contribution in [0.3, 0.4) is 0 Å². The summed E-state index contributed by atoms with van der Waals surface area (Å²) in [6.45, 7) is 3.75. The molecular weight excluding hydrogens is 324 g/mol. The van der Waals surface area contributed by atoms with Crippen LogP contribution in [0, 0.1) is 0 Å². The number of piperidine rings is 1.